The Balaban J connectivity index is 1.46. The van der Waals surface area contributed by atoms with Crippen molar-refractivity contribution in [3.8, 4) is 11.1 Å². The topological polar surface area (TPSA) is 127 Å². The second-order valence-electron chi connectivity index (χ2n) is 9.76. The summed E-state index contributed by atoms with van der Waals surface area (Å²) in [5, 5.41) is 12.3. The second-order valence-corrected chi connectivity index (χ2v) is 9.76. The number of benzene rings is 3. The number of carbonyl (C=O) groups is 2. The van der Waals surface area contributed by atoms with Gasteiger partial charge in [-0.2, -0.15) is 0 Å². The molecule has 3 aromatic rings. The van der Waals surface area contributed by atoms with Gasteiger partial charge in [-0.3, -0.25) is 5.32 Å². The number of nitrogens with two attached hydrogens (primary N) is 1. The minimum Gasteiger partial charge on any atom is -0.465 e. The molecule has 0 aromatic heterocycles. The first-order chi connectivity index (χ1) is 20.5. The summed E-state index contributed by atoms with van der Waals surface area (Å²) in [5.41, 5.74) is 8.56. The smallest absolute Gasteiger partial charge is 0.411 e. The lowest BCUT2D eigenvalue weighted by atomic mass is 10.0. The van der Waals surface area contributed by atoms with Crippen LogP contribution >= 0.6 is 0 Å². The zero-order chi connectivity index (χ0) is 30.0. The predicted octanol–water partition coefficient (Wildman–Crippen LogP) is 5.14. The van der Waals surface area contributed by atoms with Gasteiger partial charge < -0.3 is 31.2 Å². The van der Waals surface area contributed by atoms with E-state index in [1.807, 2.05) is 54.6 Å². The molecule has 42 heavy (non-hydrogen) atoms. The molecule has 10 heteroatoms. The van der Waals surface area contributed by atoms with Crippen molar-refractivity contribution < 1.29 is 23.5 Å². The van der Waals surface area contributed by atoms with E-state index in [1.165, 1.54) is 13.2 Å². The van der Waals surface area contributed by atoms with Crippen LogP contribution in [0.2, 0.25) is 0 Å². The molecule has 0 bridgehead atoms. The highest BCUT2D eigenvalue weighted by molar-refractivity contribution is 6.00. The van der Waals surface area contributed by atoms with Gasteiger partial charge in [0, 0.05) is 6.54 Å². The molecule has 0 aliphatic carbocycles. The molecule has 3 aromatic carbocycles. The zero-order valence-electron chi connectivity index (χ0n) is 24.2. The first kappa shape index (κ1) is 32.5. The van der Waals surface area contributed by atoms with Gasteiger partial charge in [-0.1, -0.05) is 54.6 Å². The Morgan fingerprint density at radius 1 is 0.786 bits per heavy atom. The highest BCUT2D eigenvalue weighted by Crippen LogP contribution is 2.26. The van der Waals surface area contributed by atoms with Crippen LogP contribution in [0.15, 0.2) is 66.7 Å². The number of methoxy groups -OCH3 is 1. The van der Waals surface area contributed by atoms with E-state index in [-0.39, 0.29) is 23.5 Å². The van der Waals surface area contributed by atoms with E-state index in [1.54, 1.807) is 0 Å². The van der Waals surface area contributed by atoms with Crippen molar-refractivity contribution >= 4 is 23.4 Å². The maximum absolute atomic E-state index is 14.8. The van der Waals surface area contributed by atoms with Gasteiger partial charge in [0.15, 0.2) is 0 Å². The van der Waals surface area contributed by atoms with Gasteiger partial charge in [0.2, 0.25) is 0 Å². The van der Waals surface area contributed by atoms with Gasteiger partial charge in [0.1, 0.15) is 12.4 Å². The van der Waals surface area contributed by atoms with Crippen LogP contribution in [0.5, 0.6) is 0 Å². The zero-order valence-corrected chi connectivity index (χ0v) is 24.2. The van der Waals surface area contributed by atoms with Crippen molar-refractivity contribution in [2.75, 3.05) is 57.0 Å². The van der Waals surface area contributed by atoms with E-state index in [4.69, 9.17) is 15.2 Å². The maximum Gasteiger partial charge on any atom is 0.411 e. The number of hydrogen-bond acceptors (Lipinski definition) is 8. The van der Waals surface area contributed by atoms with Crippen LogP contribution in [-0.2, 0) is 16.1 Å². The fraction of sp³-hybridized carbons (Fsp3) is 0.375. The SMILES string of the molecule is COC(=O)c1cc(F)c(NCCCNCCCCNCCCN)cc1NC(=O)OCc1ccc(-c2ccccc2)cc1. The second kappa shape index (κ2) is 18.4. The standard InChI is InChI=1S/C32H42FN5O4/c1-41-31(39)27-21-28(33)30(37-20-8-19-36-17-6-5-16-35-18-7-15-34)22-29(27)38-32(40)42-23-24-11-13-26(14-12-24)25-9-3-2-4-10-25/h2-4,9-14,21-22,35-37H,5-8,15-20,23,34H2,1H3,(H,38,40). The number of carbonyl (C=O) groups excluding carboxylic acids is 2. The van der Waals surface area contributed by atoms with Gasteiger partial charge in [-0.25, -0.2) is 14.0 Å². The molecule has 0 aliphatic heterocycles. The lowest BCUT2D eigenvalue weighted by Crippen LogP contribution is -2.22. The van der Waals surface area contributed by atoms with Crippen molar-refractivity contribution in [2.45, 2.75) is 32.3 Å². The highest BCUT2D eigenvalue weighted by Gasteiger charge is 2.19. The van der Waals surface area contributed by atoms with Crippen molar-refractivity contribution in [1.29, 1.82) is 0 Å². The number of anilines is 2. The van der Waals surface area contributed by atoms with Crippen LogP contribution in [0.4, 0.5) is 20.6 Å². The van der Waals surface area contributed by atoms with E-state index in [9.17, 15) is 14.0 Å². The largest absolute Gasteiger partial charge is 0.465 e. The number of halogens is 1. The van der Waals surface area contributed by atoms with Crippen LogP contribution in [0, 0.1) is 5.82 Å². The molecular weight excluding hydrogens is 537 g/mol. The summed E-state index contributed by atoms with van der Waals surface area (Å²) < 4.78 is 24.9. The molecule has 0 fully saturated rings. The number of esters is 1. The normalized spacial score (nSPS) is 10.7. The van der Waals surface area contributed by atoms with E-state index < -0.39 is 17.9 Å². The van der Waals surface area contributed by atoms with E-state index in [0.29, 0.717) is 13.1 Å². The summed E-state index contributed by atoms with van der Waals surface area (Å²) in [7, 11) is 1.19. The van der Waals surface area contributed by atoms with Crippen LogP contribution < -0.4 is 27.0 Å². The van der Waals surface area contributed by atoms with Gasteiger partial charge in [0.05, 0.1) is 24.0 Å². The van der Waals surface area contributed by atoms with E-state index in [2.05, 4.69) is 21.3 Å². The highest BCUT2D eigenvalue weighted by atomic mass is 19.1. The summed E-state index contributed by atoms with van der Waals surface area (Å²) in [6, 6.07) is 20.1. The number of amides is 1. The molecule has 0 radical (unpaired) electrons. The third-order valence-electron chi connectivity index (χ3n) is 6.54. The van der Waals surface area contributed by atoms with Gasteiger partial charge in [-0.05, 0) is 87.2 Å². The third kappa shape index (κ3) is 11.1. The van der Waals surface area contributed by atoms with Gasteiger partial charge in [-0.15, -0.1) is 0 Å². The molecule has 9 nitrogen and oxygen atoms in total. The molecule has 226 valence electrons. The van der Waals surface area contributed by atoms with Crippen molar-refractivity contribution in [2.24, 2.45) is 5.73 Å². The minimum absolute atomic E-state index is 0.0263. The fourth-order valence-electron chi connectivity index (χ4n) is 4.22. The first-order valence-electron chi connectivity index (χ1n) is 14.4. The summed E-state index contributed by atoms with van der Waals surface area (Å²) in [5.74, 6) is -1.39. The van der Waals surface area contributed by atoms with Crippen molar-refractivity contribution in [3.05, 3.63) is 83.7 Å². The number of unbranched alkanes of at least 4 members (excludes halogenated alkanes) is 1. The number of hydrogen-bond donors (Lipinski definition) is 5. The summed E-state index contributed by atoms with van der Waals surface area (Å²) in [4.78, 5) is 24.9. The fourth-order valence-corrected chi connectivity index (χ4v) is 4.22. The van der Waals surface area contributed by atoms with Crippen LogP contribution in [0.25, 0.3) is 11.1 Å². The average molecular weight is 580 g/mol. The Kier molecular flexibility index (Phi) is 14.3. The summed E-state index contributed by atoms with van der Waals surface area (Å²) in [6.45, 7) is 4.86. The van der Waals surface area contributed by atoms with Gasteiger partial charge >= 0.3 is 12.1 Å². The lowest BCUT2D eigenvalue weighted by Gasteiger charge is -2.14. The Labute approximate surface area is 247 Å². The third-order valence-corrected chi connectivity index (χ3v) is 6.54. The molecule has 0 saturated heterocycles. The minimum atomic E-state index is -0.774. The van der Waals surface area contributed by atoms with Crippen LogP contribution in [0.3, 0.4) is 0 Å². The molecule has 3 rings (SSSR count). The molecule has 0 saturated carbocycles. The molecule has 0 aliphatic rings. The number of nitrogens with one attached hydrogen (secondary N) is 4. The predicted molar refractivity (Wildman–Crippen MR) is 165 cm³/mol. The Bertz CT molecular complexity index is 1240. The van der Waals surface area contributed by atoms with Crippen LogP contribution in [0.1, 0.15) is 41.6 Å². The molecule has 0 unspecified atom stereocenters. The molecule has 0 heterocycles. The summed E-state index contributed by atoms with van der Waals surface area (Å²) in [6.07, 6.45) is 3.14. The monoisotopic (exact) mass is 579 g/mol. The molecule has 0 spiro atoms. The van der Waals surface area contributed by atoms with Crippen LogP contribution in [-0.4, -0.2) is 58.4 Å². The Hall–Kier alpha value is -3.99. The molecule has 0 atom stereocenters. The maximum atomic E-state index is 14.8. The molecule has 1 amide bonds. The van der Waals surface area contributed by atoms with E-state index >= 15 is 0 Å². The summed E-state index contributed by atoms with van der Waals surface area (Å²) >= 11 is 0. The van der Waals surface area contributed by atoms with Crippen molar-refractivity contribution in [3.63, 3.8) is 0 Å². The van der Waals surface area contributed by atoms with Gasteiger partial charge in [0.25, 0.3) is 0 Å². The number of rotatable bonds is 18. The average Bonchev–Trinajstić information content (AvgIpc) is 3.02. The molecule has 6 N–H and O–H groups in total. The van der Waals surface area contributed by atoms with Crippen molar-refractivity contribution in [1.82, 2.24) is 10.6 Å². The Morgan fingerprint density at radius 3 is 2.10 bits per heavy atom. The molecular formula is C32H42FN5O4. The lowest BCUT2D eigenvalue weighted by molar-refractivity contribution is 0.0601. The number of ether oxygens (including phenoxy) is 2. The van der Waals surface area contributed by atoms with E-state index in [0.717, 1.165) is 74.6 Å². The first-order valence-corrected chi connectivity index (χ1v) is 14.4. The Morgan fingerprint density at radius 2 is 1.43 bits per heavy atom. The quantitative estimate of drug-likeness (QED) is 0.104.